The first-order valence-corrected chi connectivity index (χ1v) is 12.5. The zero-order valence-corrected chi connectivity index (χ0v) is 21.3. The Kier molecular flexibility index (Phi) is 8.24. The highest BCUT2D eigenvalue weighted by molar-refractivity contribution is 8.18. The number of ether oxygens (including phenoxy) is 2. The second-order valence-electron chi connectivity index (χ2n) is 8.25. The highest BCUT2D eigenvalue weighted by atomic mass is 32.2. The summed E-state index contributed by atoms with van der Waals surface area (Å²) in [5, 5.41) is 11.0. The number of hydrogen-bond donors (Lipinski definition) is 0. The van der Waals surface area contributed by atoms with E-state index in [2.05, 4.69) is 0 Å². The van der Waals surface area contributed by atoms with Gasteiger partial charge in [0.15, 0.2) is 11.5 Å². The fourth-order valence-corrected chi connectivity index (χ4v) is 4.60. The molecule has 12 heteroatoms. The number of nitrogens with zero attached hydrogens (tertiary/aromatic N) is 2. The molecule has 0 radical (unpaired) electrons. The topological polar surface area (TPSA) is 99.0 Å². The first-order chi connectivity index (χ1) is 18.6. The summed E-state index contributed by atoms with van der Waals surface area (Å²) >= 11 is 0.806. The van der Waals surface area contributed by atoms with E-state index >= 15 is 0 Å². The zero-order chi connectivity index (χ0) is 28.2. The Hall–Kier alpha value is -4.32. The molecule has 1 fully saturated rings. The summed E-state index contributed by atoms with van der Waals surface area (Å²) in [4.78, 5) is 37.2. The molecule has 0 saturated carbocycles. The van der Waals surface area contributed by atoms with Crippen LogP contribution in [0, 0.1) is 10.1 Å². The van der Waals surface area contributed by atoms with E-state index < -0.39 is 34.0 Å². The van der Waals surface area contributed by atoms with E-state index in [1.165, 1.54) is 29.2 Å². The lowest BCUT2D eigenvalue weighted by atomic mass is 10.1. The number of thioether (sulfide) groups is 1. The molecular weight excluding hydrogens is 537 g/mol. The molecule has 0 N–H and O–H groups in total. The minimum atomic E-state index is -4.76. The Balaban J connectivity index is 1.56. The predicted molar refractivity (Wildman–Crippen MR) is 139 cm³/mol. The molecule has 1 saturated heterocycles. The molecule has 0 unspecified atom stereocenters. The maximum Gasteiger partial charge on any atom is 0.416 e. The zero-order valence-electron chi connectivity index (χ0n) is 20.4. The third-order valence-corrected chi connectivity index (χ3v) is 6.52. The van der Waals surface area contributed by atoms with Crippen molar-refractivity contribution < 1.29 is 37.2 Å². The average Bonchev–Trinajstić information content (AvgIpc) is 3.16. The van der Waals surface area contributed by atoms with Crippen LogP contribution >= 0.6 is 11.8 Å². The van der Waals surface area contributed by atoms with Crippen LogP contribution in [-0.4, -0.2) is 34.1 Å². The number of rotatable bonds is 9. The smallest absolute Gasteiger partial charge is 0.416 e. The number of nitro benzene ring substituents is 1. The summed E-state index contributed by atoms with van der Waals surface area (Å²) in [5.41, 5.74) is -0.563. The SMILES string of the molecule is CCOc1cc(/C=C2/SC(=O)N(CCc3ccccc3)C2=O)ccc1Oc1ccc(C(F)(F)F)cc1[N+](=O)[O-]. The maximum atomic E-state index is 13.0. The third kappa shape index (κ3) is 6.58. The summed E-state index contributed by atoms with van der Waals surface area (Å²) in [5.74, 6) is -0.669. The number of hydrogen-bond acceptors (Lipinski definition) is 7. The van der Waals surface area contributed by atoms with Crippen LogP contribution in [0.3, 0.4) is 0 Å². The molecular formula is C27H21F3N2O6S. The van der Waals surface area contributed by atoms with Gasteiger partial charge in [0.2, 0.25) is 5.75 Å². The quantitative estimate of drug-likeness (QED) is 0.157. The largest absolute Gasteiger partial charge is 0.490 e. The molecule has 3 aromatic rings. The summed E-state index contributed by atoms with van der Waals surface area (Å²) < 4.78 is 50.2. The van der Waals surface area contributed by atoms with Crippen LogP contribution in [0.1, 0.15) is 23.6 Å². The number of alkyl halides is 3. The molecule has 0 aliphatic carbocycles. The highest BCUT2D eigenvalue weighted by Gasteiger charge is 2.35. The monoisotopic (exact) mass is 558 g/mol. The number of benzene rings is 3. The van der Waals surface area contributed by atoms with Gasteiger partial charge in [-0.05, 0) is 66.6 Å². The second-order valence-corrected chi connectivity index (χ2v) is 9.24. The average molecular weight is 559 g/mol. The van der Waals surface area contributed by atoms with Crippen LogP contribution in [0.4, 0.5) is 23.7 Å². The molecule has 0 spiro atoms. The maximum absolute atomic E-state index is 13.0. The van der Waals surface area contributed by atoms with Gasteiger partial charge in [0.1, 0.15) is 0 Å². The summed E-state index contributed by atoms with van der Waals surface area (Å²) in [6.07, 6.45) is -2.73. The van der Waals surface area contributed by atoms with Gasteiger partial charge >= 0.3 is 11.9 Å². The van der Waals surface area contributed by atoms with Crippen LogP contribution in [0.2, 0.25) is 0 Å². The minimum absolute atomic E-state index is 0.0211. The third-order valence-electron chi connectivity index (χ3n) is 5.61. The Morgan fingerprint density at radius 1 is 1.00 bits per heavy atom. The van der Waals surface area contributed by atoms with Crippen LogP contribution in [-0.2, 0) is 17.4 Å². The van der Waals surface area contributed by atoms with Crippen LogP contribution < -0.4 is 9.47 Å². The van der Waals surface area contributed by atoms with Crippen LogP contribution in [0.5, 0.6) is 17.2 Å². The molecule has 0 atom stereocenters. The molecule has 0 aromatic heterocycles. The number of imide groups is 1. The molecule has 202 valence electrons. The normalized spacial score (nSPS) is 14.7. The van der Waals surface area contributed by atoms with Crippen molar-refractivity contribution in [3.8, 4) is 17.2 Å². The van der Waals surface area contributed by atoms with Crippen molar-refractivity contribution in [2.24, 2.45) is 0 Å². The molecule has 39 heavy (non-hydrogen) atoms. The molecule has 0 bridgehead atoms. The summed E-state index contributed by atoms with van der Waals surface area (Å²) in [7, 11) is 0. The molecule has 1 aliphatic heterocycles. The fourth-order valence-electron chi connectivity index (χ4n) is 3.74. The Morgan fingerprint density at radius 2 is 1.72 bits per heavy atom. The van der Waals surface area contributed by atoms with Crippen molar-refractivity contribution in [3.63, 3.8) is 0 Å². The molecule has 4 rings (SSSR count). The second kappa shape index (κ2) is 11.6. The van der Waals surface area contributed by atoms with E-state index in [1.807, 2.05) is 30.3 Å². The molecule has 2 amide bonds. The molecule has 1 heterocycles. The lowest BCUT2D eigenvalue weighted by Crippen LogP contribution is -2.30. The summed E-state index contributed by atoms with van der Waals surface area (Å²) in [6, 6.07) is 15.9. The van der Waals surface area contributed by atoms with Gasteiger partial charge in [-0.15, -0.1) is 0 Å². The first kappa shape index (κ1) is 27.7. The Labute approximate surface area is 225 Å². The van der Waals surface area contributed by atoms with Crippen molar-refractivity contribution in [3.05, 3.63) is 98.4 Å². The summed E-state index contributed by atoms with van der Waals surface area (Å²) in [6.45, 7) is 2.11. The van der Waals surface area contributed by atoms with E-state index in [-0.39, 0.29) is 34.8 Å². The van der Waals surface area contributed by atoms with Crippen molar-refractivity contribution in [2.45, 2.75) is 19.5 Å². The van der Waals surface area contributed by atoms with Gasteiger partial charge in [-0.3, -0.25) is 24.6 Å². The number of carbonyl (C=O) groups is 2. The van der Waals surface area contributed by atoms with Crippen LogP contribution in [0.15, 0.2) is 71.6 Å². The molecule has 8 nitrogen and oxygen atoms in total. The Morgan fingerprint density at radius 3 is 2.38 bits per heavy atom. The predicted octanol–water partition coefficient (Wildman–Crippen LogP) is 7.08. The highest BCUT2D eigenvalue weighted by Crippen LogP contribution is 2.41. The number of halogens is 3. The lowest BCUT2D eigenvalue weighted by Gasteiger charge is -2.14. The van der Waals surface area contributed by atoms with Crippen molar-refractivity contribution in [2.75, 3.05) is 13.2 Å². The van der Waals surface area contributed by atoms with E-state index in [0.29, 0.717) is 24.1 Å². The minimum Gasteiger partial charge on any atom is -0.490 e. The number of amides is 2. The van der Waals surface area contributed by atoms with Crippen LogP contribution in [0.25, 0.3) is 6.08 Å². The van der Waals surface area contributed by atoms with Gasteiger partial charge in [0.05, 0.1) is 22.0 Å². The van der Waals surface area contributed by atoms with Gasteiger partial charge in [-0.1, -0.05) is 36.4 Å². The van der Waals surface area contributed by atoms with E-state index in [1.54, 1.807) is 6.92 Å². The number of carbonyl (C=O) groups excluding carboxylic acids is 2. The van der Waals surface area contributed by atoms with Gasteiger partial charge < -0.3 is 9.47 Å². The fraction of sp³-hybridized carbons (Fsp3) is 0.185. The van der Waals surface area contributed by atoms with Crippen molar-refractivity contribution in [1.29, 1.82) is 0 Å². The molecule has 1 aliphatic rings. The van der Waals surface area contributed by atoms with Gasteiger partial charge in [0.25, 0.3) is 11.1 Å². The standard InChI is InChI=1S/C27H21F3N2O6S/c1-2-37-23-14-18(15-24-25(33)31(26(34)39-24)13-12-17-6-4-3-5-7-17)8-10-22(23)38-21-11-9-19(27(28,29)30)16-20(21)32(35)36/h3-11,14-16H,2,12-13H2,1H3/b24-15+. The molecule has 3 aromatic carbocycles. The van der Waals surface area contributed by atoms with Gasteiger partial charge in [0, 0.05) is 12.6 Å². The van der Waals surface area contributed by atoms with Crippen molar-refractivity contribution in [1.82, 2.24) is 4.90 Å². The Bertz CT molecular complexity index is 1440. The van der Waals surface area contributed by atoms with E-state index in [9.17, 15) is 32.9 Å². The lowest BCUT2D eigenvalue weighted by molar-refractivity contribution is -0.385. The number of nitro groups is 1. The van der Waals surface area contributed by atoms with E-state index in [0.717, 1.165) is 23.4 Å². The first-order valence-electron chi connectivity index (χ1n) is 11.7. The van der Waals surface area contributed by atoms with Crippen molar-refractivity contribution >= 4 is 34.7 Å². The van der Waals surface area contributed by atoms with E-state index in [4.69, 9.17) is 9.47 Å². The van der Waals surface area contributed by atoms with Gasteiger partial charge in [-0.2, -0.15) is 13.2 Å². The van der Waals surface area contributed by atoms with Gasteiger partial charge in [-0.25, -0.2) is 0 Å².